The molecular formula is C22H42O4P2. The number of hydrogen-bond donors (Lipinski definition) is 1. The van der Waals surface area contributed by atoms with E-state index in [2.05, 4.69) is 19.1 Å². The summed E-state index contributed by atoms with van der Waals surface area (Å²) in [5.74, 6) is -0.0622. The molecule has 0 saturated carbocycles. The molecule has 3 atom stereocenters. The summed E-state index contributed by atoms with van der Waals surface area (Å²) in [6.07, 6.45) is 22.4. The van der Waals surface area contributed by atoms with Gasteiger partial charge in [-0.2, -0.15) is 0 Å². The topological polar surface area (TPSA) is 63.6 Å². The van der Waals surface area contributed by atoms with Crippen molar-refractivity contribution in [3.8, 4) is 0 Å². The van der Waals surface area contributed by atoms with Gasteiger partial charge in [-0.15, -0.1) is 0 Å². The van der Waals surface area contributed by atoms with Crippen molar-refractivity contribution in [3.05, 3.63) is 12.2 Å². The van der Waals surface area contributed by atoms with Gasteiger partial charge in [-0.1, -0.05) is 70.4 Å². The molecule has 1 aliphatic rings. The Morgan fingerprint density at radius 3 is 2.14 bits per heavy atom. The summed E-state index contributed by atoms with van der Waals surface area (Å²) >= 11 is 0. The van der Waals surface area contributed by atoms with E-state index in [0.29, 0.717) is 19.2 Å². The normalized spacial score (nSPS) is 23.0. The third-order valence-electron chi connectivity index (χ3n) is 5.26. The second-order valence-electron chi connectivity index (χ2n) is 8.13. The third-order valence-corrected chi connectivity index (χ3v) is 10.1. The van der Waals surface area contributed by atoms with Crippen LogP contribution in [0, 0.1) is 5.92 Å². The Kier molecular flexibility index (Phi) is 15.3. The van der Waals surface area contributed by atoms with Gasteiger partial charge in [-0.05, 0) is 46.5 Å². The van der Waals surface area contributed by atoms with Gasteiger partial charge in [0.2, 0.25) is 7.06 Å². The Morgan fingerprint density at radius 2 is 1.57 bits per heavy atom. The number of rotatable bonds is 17. The first-order valence-electron chi connectivity index (χ1n) is 11.4. The number of esters is 1. The zero-order valence-electron chi connectivity index (χ0n) is 17.9. The van der Waals surface area contributed by atoms with Gasteiger partial charge in [-0.3, -0.25) is 9.36 Å². The zero-order valence-corrected chi connectivity index (χ0v) is 19.8. The maximum atomic E-state index is 11.7. The van der Waals surface area contributed by atoms with Gasteiger partial charge in [0.05, 0.1) is 6.61 Å². The highest BCUT2D eigenvalue weighted by molar-refractivity contribution is 8.22. The highest BCUT2D eigenvalue weighted by atomic mass is 32.1. The zero-order chi connectivity index (χ0) is 20.5. The van der Waals surface area contributed by atoms with Crippen LogP contribution in [0.15, 0.2) is 12.2 Å². The van der Waals surface area contributed by atoms with Gasteiger partial charge in [-0.25, -0.2) is 0 Å². The molecule has 0 bridgehead atoms. The highest BCUT2D eigenvalue weighted by Gasteiger charge is 2.32. The van der Waals surface area contributed by atoms with Crippen LogP contribution < -0.4 is 0 Å². The van der Waals surface area contributed by atoms with E-state index in [-0.39, 0.29) is 20.2 Å². The lowest BCUT2D eigenvalue weighted by Gasteiger charge is -2.09. The summed E-state index contributed by atoms with van der Waals surface area (Å²) in [6, 6.07) is 0. The van der Waals surface area contributed by atoms with Crippen LogP contribution in [-0.4, -0.2) is 29.8 Å². The van der Waals surface area contributed by atoms with Gasteiger partial charge in [0.15, 0.2) is 0 Å². The first-order valence-corrected chi connectivity index (χ1v) is 15.3. The van der Waals surface area contributed by atoms with Gasteiger partial charge < -0.3 is 9.63 Å². The SMILES string of the molecule is CCCCCCCC/C=C\CCCCCCCC(=O)OCC1CPP(=O)(O)C1. The van der Waals surface area contributed by atoms with Crippen molar-refractivity contribution >= 4 is 21.3 Å². The molecule has 1 aliphatic heterocycles. The number of carbonyl (C=O) groups excluding carboxylic acids is 1. The van der Waals surface area contributed by atoms with Crippen LogP contribution >= 0.6 is 15.3 Å². The first-order chi connectivity index (χ1) is 13.5. The average molecular weight is 433 g/mol. The van der Waals surface area contributed by atoms with Crippen molar-refractivity contribution in [1.29, 1.82) is 0 Å². The third kappa shape index (κ3) is 14.8. The lowest BCUT2D eigenvalue weighted by Crippen LogP contribution is -2.15. The van der Waals surface area contributed by atoms with Crippen LogP contribution in [0.5, 0.6) is 0 Å². The van der Waals surface area contributed by atoms with E-state index in [9.17, 15) is 14.3 Å². The van der Waals surface area contributed by atoms with Gasteiger partial charge in [0, 0.05) is 18.5 Å². The summed E-state index contributed by atoms with van der Waals surface area (Å²) in [4.78, 5) is 21.2. The molecule has 3 unspecified atom stereocenters. The van der Waals surface area contributed by atoms with Crippen molar-refractivity contribution in [1.82, 2.24) is 0 Å². The van der Waals surface area contributed by atoms with Crippen LogP contribution in [0.4, 0.5) is 0 Å². The molecule has 4 nitrogen and oxygen atoms in total. The van der Waals surface area contributed by atoms with E-state index in [1.807, 2.05) is 0 Å². The number of ether oxygens (including phenoxy) is 1. The molecule has 1 fully saturated rings. The summed E-state index contributed by atoms with van der Waals surface area (Å²) in [6.45, 7) is 2.58. The molecule has 0 radical (unpaired) electrons. The number of hydrogen-bond acceptors (Lipinski definition) is 3. The summed E-state index contributed by atoms with van der Waals surface area (Å²) in [7, 11) is -2.75. The van der Waals surface area contributed by atoms with Crippen LogP contribution in [0.1, 0.15) is 96.8 Å². The molecule has 0 aromatic carbocycles. The van der Waals surface area contributed by atoms with Crippen molar-refractivity contribution in [2.75, 3.05) is 18.9 Å². The smallest absolute Gasteiger partial charge is 0.305 e. The fourth-order valence-corrected chi connectivity index (χ4v) is 8.39. The van der Waals surface area contributed by atoms with Crippen molar-refractivity contribution in [3.63, 3.8) is 0 Å². The molecule has 164 valence electrons. The standard InChI is InChI=1S/C22H42O4P2/c1-2-3-4-5-6-7-8-9-10-11-12-13-14-15-16-17-22(23)26-18-21-19-27-28(24,25)20-21/h9-10,21,27H,2-8,11-20H2,1H3,(H,24,25)/b10-9-. The molecule has 1 rings (SSSR count). The Hall–Kier alpha value is -0.170. The second kappa shape index (κ2) is 16.6. The maximum absolute atomic E-state index is 11.7. The molecule has 1 N–H and O–H groups in total. The van der Waals surface area contributed by atoms with Crippen molar-refractivity contribution in [2.24, 2.45) is 5.92 Å². The monoisotopic (exact) mass is 432 g/mol. The Labute approximate surface area is 174 Å². The molecule has 1 saturated heterocycles. The molecule has 1 heterocycles. The molecule has 0 spiro atoms. The minimum atomic E-state index is -2.88. The number of unbranched alkanes of at least 4 members (excludes halogenated alkanes) is 11. The lowest BCUT2D eigenvalue weighted by atomic mass is 10.1. The molecule has 0 aliphatic carbocycles. The van der Waals surface area contributed by atoms with Gasteiger partial charge >= 0.3 is 5.97 Å². The van der Waals surface area contributed by atoms with Gasteiger partial charge in [0.1, 0.15) is 0 Å². The van der Waals surface area contributed by atoms with E-state index in [0.717, 1.165) is 19.0 Å². The Morgan fingerprint density at radius 1 is 1.00 bits per heavy atom. The van der Waals surface area contributed by atoms with E-state index in [4.69, 9.17) is 4.74 Å². The second-order valence-corrected chi connectivity index (χ2v) is 13.7. The molecule has 0 amide bonds. The first kappa shape index (κ1) is 25.9. The molecule has 0 aromatic rings. The van der Waals surface area contributed by atoms with Crippen molar-refractivity contribution in [2.45, 2.75) is 96.8 Å². The predicted octanol–water partition coefficient (Wildman–Crippen LogP) is 7.06. The molecular weight excluding hydrogens is 390 g/mol. The van der Waals surface area contributed by atoms with E-state index in [1.165, 1.54) is 70.6 Å². The highest BCUT2D eigenvalue weighted by Crippen LogP contribution is 2.66. The summed E-state index contributed by atoms with van der Waals surface area (Å²) < 4.78 is 16.8. The average Bonchev–Trinajstić information content (AvgIpc) is 3.02. The number of allylic oxidation sites excluding steroid dienone is 2. The lowest BCUT2D eigenvalue weighted by molar-refractivity contribution is -0.144. The van der Waals surface area contributed by atoms with Crippen LogP contribution in [-0.2, 0) is 14.1 Å². The van der Waals surface area contributed by atoms with E-state index in [1.54, 1.807) is 0 Å². The van der Waals surface area contributed by atoms with Crippen LogP contribution in [0.3, 0.4) is 0 Å². The quantitative estimate of drug-likeness (QED) is 0.116. The van der Waals surface area contributed by atoms with Crippen molar-refractivity contribution < 1.29 is 19.0 Å². The van der Waals surface area contributed by atoms with Crippen LogP contribution in [0.2, 0.25) is 0 Å². The number of carbonyl (C=O) groups is 1. The largest absolute Gasteiger partial charge is 0.465 e. The Balaban J connectivity index is 1.81. The van der Waals surface area contributed by atoms with E-state index < -0.39 is 7.06 Å². The minimum absolute atomic E-state index is 0.0900. The Bertz CT molecular complexity index is 479. The summed E-state index contributed by atoms with van der Waals surface area (Å²) in [5, 5.41) is 0. The predicted molar refractivity (Wildman–Crippen MR) is 122 cm³/mol. The molecule has 6 heteroatoms. The fraction of sp³-hybridized carbons (Fsp3) is 0.864. The van der Waals surface area contributed by atoms with E-state index >= 15 is 0 Å². The fourth-order valence-electron chi connectivity index (χ4n) is 3.49. The van der Waals surface area contributed by atoms with Crippen LogP contribution in [0.25, 0.3) is 0 Å². The molecule has 0 aromatic heterocycles. The minimum Gasteiger partial charge on any atom is -0.465 e. The maximum Gasteiger partial charge on any atom is 0.305 e. The molecule has 28 heavy (non-hydrogen) atoms. The summed E-state index contributed by atoms with van der Waals surface area (Å²) in [5.41, 5.74) is 0. The van der Waals surface area contributed by atoms with Gasteiger partial charge in [0.25, 0.3) is 0 Å².